The Hall–Kier alpha value is -0.340. The van der Waals surface area contributed by atoms with E-state index in [1.54, 1.807) is 0 Å². The summed E-state index contributed by atoms with van der Waals surface area (Å²) in [6.07, 6.45) is 19.9. The van der Waals surface area contributed by atoms with E-state index in [1.807, 2.05) is 6.92 Å². The van der Waals surface area contributed by atoms with Crippen LogP contribution in [0.15, 0.2) is 0 Å². The van der Waals surface area contributed by atoms with Gasteiger partial charge in [-0.25, -0.2) is 0 Å². The van der Waals surface area contributed by atoms with E-state index >= 15 is 0 Å². The zero-order valence-corrected chi connectivity index (χ0v) is 24.8. The highest BCUT2D eigenvalue weighted by molar-refractivity contribution is 7.80. The highest BCUT2D eigenvalue weighted by Crippen LogP contribution is 2.39. The minimum Gasteiger partial charge on any atom is -0.481 e. The van der Waals surface area contributed by atoms with Gasteiger partial charge in [-0.15, -0.1) is 0 Å². The van der Waals surface area contributed by atoms with Crippen molar-refractivity contribution in [2.24, 2.45) is 27.5 Å². The highest BCUT2D eigenvalue weighted by atomic mass is 32.1. The third kappa shape index (κ3) is 12.5. The van der Waals surface area contributed by atoms with Crippen LogP contribution >= 0.6 is 12.6 Å². The van der Waals surface area contributed by atoms with E-state index in [1.165, 1.54) is 77.0 Å². The monoisotopic (exact) mass is 530 g/mol. The molecule has 0 heterocycles. The number of nitrogens with one attached hydrogen (secondary N) is 1. The van der Waals surface area contributed by atoms with Crippen molar-refractivity contribution in [2.75, 3.05) is 25.7 Å². The number of aliphatic hydroxyl groups is 1. The molecule has 0 saturated heterocycles. The Morgan fingerprint density at radius 1 is 0.778 bits per heavy atom. The standard InChI is InChI=1S/C8H16OS.C7H16N2.C7H12O2.C7H14O/c1-8(6-9-7-10)4-2-3-5-8;1-7(6-9-8)4-2-3-5-7;1-7(6(8)9)4-2-3-5-7;1-7(6-8)4-2-3-5-7/h10H,2-7H2,1H3;9H,2-6,8H2,1H3;2-5H2,1H3,(H,8,9);8H,2-6H2,1H3. The number of ether oxygens (including phenoxy) is 1. The average Bonchev–Trinajstić information content (AvgIpc) is 3.65. The first-order valence-electron chi connectivity index (χ1n) is 14.4. The van der Waals surface area contributed by atoms with Crippen molar-refractivity contribution in [3.05, 3.63) is 0 Å². The van der Waals surface area contributed by atoms with Gasteiger partial charge in [0.2, 0.25) is 0 Å². The van der Waals surface area contributed by atoms with Gasteiger partial charge in [0.05, 0.1) is 18.0 Å². The Labute approximate surface area is 227 Å². The third-order valence-corrected chi connectivity index (χ3v) is 9.29. The van der Waals surface area contributed by atoms with Crippen LogP contribution in [0.25, 0.3) is 0 Å². The molecule has 6 nitrogen and oxygen atoms in total. The van der Waals surface area contributed by atoms with Gasteiger partial charge in [-0.1, -0.05) is 72.1 Å². The van der Waals surface area contributed by atoms with Crippen molar-refractivity contribution in [3.63, 3.8) is 0 Å². The Kier molecular flexibility index (Phi) is 15.5. The lowest BCUT2D eigenvalue weighted by molar-refractivity contribution is -0.147. The number of aliphatic carboxylic acids is 1. The predicted molar refractivity (Wildman–Crippen MR) is 153 cm³/mol. The molecule has 4 rings (SSSR count). The molecule has 0 aromatic carbocycles. The predicted octanol–water partition coefficient (Wildman–Crippen LogP) is 6.71. The summed E-state index contributed by atoms with van der Waals surface area (Å²) < 4.78 is 5.28. The van der Waals surface area contributed by atoms with Crippen molar-refractivity contribution in [1.29, 1.82) is 0 Å². The molecule has 0 amide bonds. The number of thiol groups is 1. The number of nitrogens with two attached hydrogens (primary N) is 1. The Morgan fingerprint density at radius 3 is 1.47 bits per heavy atom. The van der Waals surface area contributed by atoms with Gasteiger partial charge < -0.3 is 14.9 Å². The maximum Gasteiger partial charge on any atom is 0.309 e. The van der Waals surface area contributed by atoms with E-state index in [-0.39, 0.29) is 5.41 Å². The van der Waals surface area contributed by atoms with E-state index in [2.05, 4.69) is 38.8 Å². The van der Waals surface area contributed by atoms with Crippen molar-refractivity contribution in [2.45, 2.75) is 130 Å². The van der Waals surface area contributed by atoms with Gasteiger partial charge in [0.25, 0.3) is 0 Å². The third-order valence-electron chi connectivity index (χ3n) is 9.11. The number of rotatable bonds is 7. The molecule has 0 aromatic rings. The molecule has 0 radical (unpaired) electrons. The minimum absolute atomic E-state index is 0.292. The molecule has 36 heavy (non-hydrogen) atoms. The van der Waals surface area contributed by atoms with Crippen LogP contribution in [0, 0.1) is 21.7 Å². The summed E-state index contributed by atoms with van der Waals surface area (Å²) in [6, 6.07) is 0. The molecular weight excluding hydrogens is 472 g/mol. The molecule has 4 aliphatic carbocycles. The molecule has 0 atom stereocenters. The first kappa shape index (κ1) is 33.7. The molecular formula is C29H58N2O4S. The fourth-order valence-electron chi connectivity index (χ4n) is 6.07. The van der Waals surface area contributed by atoms with Crippen LogP contribution in [-0.4, -0.2) is 41.9 Å². The van der Waals surface area contributed by atoms with E-state index in [0.29, 0.717) is 28.8 Å². The number of hydrazine groups is 1. The quantitative estimate of drug-likeness (QED) is 0.108. The number of carboxylic acids is 1. The summed E-state index contributed by atoms with van der Waals surface area (Å²) in [7, 11) is 0. The molecule has 5 N–H and O–H groups in total. The molecule has 214 valence electrons. The molecule has 0 aliphatic heterocycles. The van der Waals surface area contributed by atoms with Crippen LogP contribution in [0.3, 0.4) is 0 Å². The molecule has 7 heteroatoms. The van der Waals surface area contributed by atoms with Gasteiger partial charge >= 0.3 is 5.97 Å². The van der Waals surface area contributed by atoms with Crippen molar-refractivity contribution in [1.82, 2.24) is 5.43 Å². The fraction of sp³-hybridized carbons (Fsp3) is 0.966. The summed E-state index contributed by atoms with van der Waals surface area (Å²) in [4.78, 5) is 10.5. The molecule has 0 aromatic heterocycles. The number of carboxylic acid groups (broad SMARTS) is 1. The highest BCUT2D eigenvalue weighted by Gasteiger charge is 2.35. The smallest absolute Gasteiger partial charge is 0.309 e. The first-order chi connectivity index (χ1) is 17.0. The lowest BCUT2D eigenvalue weighted by Crippen LogP contribution is -2.34. The summed E-state index contributed by atoms with van der Waals surface area (Å²) >= 11 is 4.01. The Morgan fingerprint density at radius 2 is 1.17 bits per heavy atom. The van der Waals surface area contributed by atoms with Crippen molar-refractivity contribution >= 4 is 18.6 Å². The van der Waals surface area contributed by atoms with Crippen LogP contribution in [0.1, 0.15) is 130 Å². The lowest BCUT2D eigenvalue weighted by Gasteiger charge is -2.22. The van der Waals surface area contributed by atoms with E-state index in [9.17, 15) is 4.79 Å². The second kappa shape index (κ2) is 16.6. The maximum atomic E-state index is 10.5. The Balaban J connectivity index is 0.000000241. The molecule has 4 aliphatic rings. The number of aliphatic hydroxyl groups excluding tert-OH is 1. The van der Waals surface area contributed by atoms with Gasteiger partial charge in [-0.3, -0.25) is 16.1 Å². The van der Waals surface area contributed by atoms with Gasteiger partial charge in [0.1, 0.15) is 0 Å². The number of hydrogen-bond donors (Lipinski definition) is 5. The van der Waals surface area contributed by atoms with E-state index in [0.717, 1.165) is 38.8 Å². The zero-order valence-electron chi connectivity index (χ0n) is 23.9. The van der Waals surface area contributed by atoms with Gasteiger partial charge in [-0.2, -0.15) is 12.6 Å². The molecule has 0 bridgehead atoms. The Bertz CT molecular complexity index is 592. The van der Waals surface area contributed by atoms with Crippen LogP contribution in [0.4, 0.5) is 0 Å². The first-order valence-corrected chi connectivity index (χ1v) is 15.1. The van der Waals surface area contributed by atoms with Crippen molar-refractivity contribution < 1.29 is 19.7 Å². The van der Waals surface area contributed by atoms with Gasteiger partial charge in [0.15, 0.2) is 0 Å². The fourth-order valence-corrected chi connectivity index (χ4v) is 6.16. The maximum absolute atomic E-state index is 10.5. The zero-order chi connectivity index (χ0) is 27.1. The van der Waals surface area contributed by atoms with Crippen LogP contribution in [0.2, 0.25) is 0 Å². The van der Waals surface area contributed by atoms with Crippen LogP contribution in [0.5, 0.6) is 0 Å². The number of hydrogen-bond acceptors (Lipinski definition) is 6. The largest absolute Gasteiger partial charge is 0.481 e. The number of carbonyl (C=O) groups is 1. The van der Waals surface area contributed by atoms with Gasteiger partial charge in [0, 0.05) is 13.2 Å². The summed E-state index contributed by atoms with van der Waals surface area (Å²) in [5, 5.41) is 17.5. The van der Waals surface area contributed by atoms with E-state index in [4.69, 9.17) is 20.8 Å². The minimum atomic E-state index is -0.625. The SMILES string of the molecule is CC1(C(=O)O)CCCC1.CC1(CNN)CCCC1.CC1(CO)CCCC1.CC1(COCS)CCCC1. The van der Waals surface area contributed by atoms with Gasteiger partial charge in [-0.05, 0) is 74.5 Å². The van der Waals surface area contributed by atoms with Crippen molar-refractivity contribution in [3.8, 4) is 0 Å². The average molecular weight is 531 g/mol. The molecule has 0 spiro atoms. The summed E-state index contributed by atoms with van der Waals surface area (Å²) in [5.41, 5.74) is 3.64. The second-order valence-electron chi connectivity index (χ2n) is 13.1. The topological polar surface area (TPSA) is 105 Å². The molecule has 4 saturated carbocycles. The second-order valence-corrected chi connectivity index (χ2v) is 13.4. The molecule has 4 fully saturated rings. The van der Waals surface area contributed by atoms with Crippen LogP contribution in [-0.2, 0) is 9.53 Å². The lowest BCUT2D eigenvalue weighted by atomic mass is 9.89. The van der Waals surface area contributed by atoms with E-state index < -0.39 is 5.97 Å². The normalized spacial score (nSPS) is 24.5. The van der Waals surface area contributed by atoms with Crippen LogP contribution < -0.4 is 11.3 Å². The summed E-state index contributed by atoms with van der Waals surface area (Å²) in [5.74, 6) is 5.18. The summed E-state index contributed by atoms with van der Waals surface area (Å²) in [6.45, 7) is 10.9. The molecule has 0 unspecified atom stereocenters.